The number of para-hydroxylation sites is 1. The van der Waals surface area contributed by atoms with Gasteiger partial charge in [-0.2, -0.15) is 0 Å². The van der Waals surface area contributed by atoms with Crippen LogP contribution >= 0.6 is 11.6 Å². The van der Waals surface area contributed by atoms with E-state index in [1.807, 2.05) is 12.1 Å². The van der Waals surface area contributed by atoms with Crippen LogP contribution in [0.5, 0.6) is 5.75 Å². The molecule has 0 radical (unpaired) electrons. The maximum atomic E-state index is 10.4. The second-order valence-corrected chi connectivity index (χ2v) is 6.17. The summed E-state index contributed by atoms with van der Waals surface area (Å²) in [4.78, 5) is 0. The molecule has 19 heavy (non-hydrogen) atoms. The van der Waals surface area contributed by atoms with Crippen molar-refractivity contribution in [1.29, 1.82) is 0 Å². The van der Waals surface area contributed by atoms with Gasteiger partial charge in [0.05, 0.1) is 10.6 Å². The van der Waals surface area contributed by atoms with Crippen LogP contribution in [0, 0.1) is 5.92 Å². The Morgan fingerprint density at radius 3 is 2.74 bits per heavy atom. The fourth-order valence-electron chi connectivity index (χ4n) is 2.61. The van der Waals surface area contributed by atoms with Crippen molar-refractivity contribution in [2.75, 3.05) is 6.54 Å². The van der Waals surface area contributed by atoms with E-state index in [9.17, 15) is 10.2 Å². The third-order valence-electron chi connectivity index (χ3n) is 4.04. The van der Waals surface area contributed by atoms with Crippen LogP contribution in [0.3, 0.4) is 0 Å². The quantitative estimate of drug-likeness (QED) is 0.796. The molecular formula is C15H22ClNO2. The number of aliphatic hydroxyl groups is 1. The van der Waals surface area contributed by atoms with Gasteiger partial charge < -0.3 is 15.5 Å². The number of benzene rings is 1. The van der Waals surface area contributed by atoms with Gasteiger partial charge in [-0.05, 0) is 37.7 Å². The molecule has 2 rings (SSSR count). The van der Waals surface area contributed by atoms with E-state index >= 15 is 0 Å². The van der Waals surface area contributed by atoms with Crippen molar-refractivity contribution in [3.63, 3.8) is 0 Å². The Balaban J connectivity index is 1.85. The zero-order chi connectivity index (χ0) is 13.9. The summed E-state index contributed by atoms with van der Waals surface area (Å²) >= 11 is 5.86. The lowest BCUT2D eigenvalue weighted by Crippen LogP contribution is -2.43. The van der Waals surface area contributed by atoms with Crippen molar-refractivity contribution in [2.24, 2.45) is 5.92 Å². The van der Waals surface area contributed by atoms with Crippen LogP contribution in [0.2, 0.25) is 5.02 Å². The molecule has 0 aliphatic heterocycles. The molecule has 0 spiro atoms. The van der Waals surface area contributed by atoms with Crippen molar-refractivity contribution in [3.8, 4) is 5.75 Å². The Morgan fingerprint density at radius 2 is 2.05 bits per heavy atom. The minimum atomic E-state index is -0.597. The molecule has 1 aliphatic rings. The fraction of sp³-hybridized carbons (Fsp3) is 0.600. The summed E-state index contributed by atoms with van der Waals surface area (Å²) in [6, 6.07) is 5.31. The van der Waals surface area contributed by atoms with Crippen LogP contribution in [0.25, 0.3) is 0 Å². The average Bonchev–Trinajstić information content (AvgIpc) is 2.39. The molecule has 1 aromatic rings. The number of phenolic OH excluding ortho intramolecular Hbond substituents is 1. The Hall–Kier alpha value is -0.770. The molecule has 1 fully saturated rings. The molecule has 0 saturated heterocycles. The number of halogens is 1. The Morgan fingerprint density at radius 1 is 1.37 bits per heavy atom. The first-order valence-corrected chi connectivity index (χ1v) is 7.27. The molecule has 0 atom stereocenters. The highest BCUT2D eigenvalue weighted by Gasteiger charge is 2.31. The maximum absolute atomic E-state index is 10.4. The lowest BCUT2D eigenvalue weighted by Gasteiger charge is -2.35. The van der Waals surface area contributed by atoms with Crippen LogP contribution in [0.1, 0.15) is 38.2 Å². The summed E-state index contributed by atoms with van der Waals surface area (Å²) in [5, 5.41) is 23.8. The van der Waals surface area contributed by atoms with Gasteiger partial charge in [0.15, 0.2) is 0 Å². The minimum Gasteiger partial charge on any atom is -0.506 e. The van der Waals surface area contributed by atoms with E-state index in [0.29, 0.717) is 18.1 Å². The minimum absolute atomic E-state index is 0.126. The normalized spacial score (nSPS) is 27.4. The molecule has 0 bridgehead atoms. The molecule has 106 valence electrons. The molecule has 0 heterocycles. The van der Waals surface area contributed by atoms with Gasteiger partial charge in [0.25, 0.3) is 0 Å². The molecule has 1 aliphatic carbocycles. The van der Waals surface area contributed by atoms with E-state index < -0.39 is 5.60 Å². The standard InChI is InChI=1S/C15H22ClNO2/c1-11-5-7-15(19,8-6-11)10-17-9-12-3-2-4-13(16)14(12)18/h2-4,11,17-19H,5-10H2,1H3. The zero-order valence-corrected chi connectivity index (χ0v) is 12.1. The van der Waals surface area contributed by atoms with Crippen LogP contribution in [0.4, 0.5) is 0 Å². The van der Waals surface area contributed by atoms with Gasteiger partial charge >= 0.3 is 0 Å². The highest BCUT2D eigenvalue weighted by atomic mass is 35.5. The van der Waals surface area contributed by atoms with Crippen molar-refractivity contribution < 1.29 is 10.2 Å². The van der Waals surface area contributed by atoms with Gasteiger partial charge in [-0.15, -0.1) is 0 Å². The second kappa shape index (κ2) is 6.12. The Kier molecular flexibility index (Phi) is 4.71. The maximum Gasteiger partial charge on any atom is 0.138 e. The first kappa shape index (κ1) is 14.6. The highest BCUT2D eigenvalue weighted by molar-refractivity contribution is 6.32. The average molecular weight is 284 g/mol. The second-order valence-electron chi connectivity index (χ2n) is 5.76. The number of hydrogen-bond donors (Lipinski definition) is 3. The van der Waals surface area contributed by atoms with Crippen molar-refractivity contribution >= 4 is 11.6 Å². The lowest BCUT2D eigenvalue weighted by atomic mass is 9.79. The van der Waals surface area contributed by atoms with Crippen molar-refractivity contribution in [1.82, 2.24) is 5.32 Å². The van der Waals surface area contributed by atoms with Crippen LogP contribution in [-0.2, 0) is 6.54 Å². The molecule has 0 aromatic heterocycles. The van der Waals surface area contributed by atoms with E-state index in [4.69, 9.17) is 11.6 Å². The molecule has 3 nitrogen and oxygen atoms in total. The monoisotopic (exact) mass is 283 g/mol. The van der Waals surface area contributed by atoms with Gasteiger partial charge in [-0.25, -0.2) is 0 Å². The summed E-state index contributed by atoms with van der Waals surface area (Å²) in [5.74, 6) is 0.846. The molecule has 0 unspecified atom stereocenters. The third-order valence-corrected chi connectivity index (χ3v) is 4.35. The van der Waals surface area contributed by atoms with E-state index in [1.165, 1.54) is 0 Å². The topological polar surface area (TPSA) is 52.5 Å². The number of phenols is 1. The largest absolute Gasteiger partial charge is 0.506 e. The van der Waals surface area contributed by atoms with E-state index in [2.05, 4.69) is 12.2 Å². The first-order chi connectivity index (χ1) is 9.00. The summed E-state index contributed by atoms with van der Waals surface area (Å²) in [6.45, 7) is 3.31. The highest BCUT2D eigenvalue weighted by Crippen LogP contribution is 2.31. The number of aromatic hydroxyl groups is 1. The third kappa shape index (κ3) is 3.85. The SMILES string of the molecule is CC1CCC(O)(CNCc2cccc(Cl)c2O)CC1. The van der Waals surface area contributed by atoms with Crippen LogP contribution in [-0.4, -0.2) is 22.4 Å². The summed E-state index contributed by atoms with van der Waals surface area (Å²) < 4.78 is 0. The Bertz CT molecular complexity index is 428. The number of hydrogen-bond acceptors (Lipinski definition) is 3. The molecule has 1 aromatic carbocycles. The molecular weight excluding hydrogens is 262 g/mol. The molecule has 1 saturated carbocycles. The van der Waals surface area contributed by atoms with Crippen LogP contribution < -0.4 is 5.32 Å². The molecule has 3 N–H and O–H groups in total. The summed E-state index contributed by atoms with van der Waals surface area (Å²) in [7, 11) is 0. The first-order valence-electron chi connectivity index (χ1n) is 6.90. The number of nitrogens with one attached hydrogen (secondary N) is 1. The van der Waals surface area contributed by atoms with E-state index in [1.54, 1.807) is 6.07 Å². The summed E-state index contributed by atoms with van der Waals surface area (Å²) in [5.41, 5.74) is 0.168. The predicted molar refractivity (Wildman–Crippen MR) is 77.4 cm³/mol. The zero-order valence-electron chi connectivity index (χ0n) is 11.3. The molecule has 0 amide bonds. The summed E-state index contributed by atoms with van der Waals surface area (Å²) in [6.07, 6.45) is 3.87. The van der Waals surface area contributed by atoms with Gasteiger partial charge in [0, 0.05) is 18.7 Å². The van der Waals surface area contributed by atoms with E-state index in [-0.39, 0.29) is 5.75 Å². The smallest absolute Gasteiger partial charge is 0.138 e. The Labute approximate surface area is 119 Å². The predicted octanol–water partition coefficient (Wildman–Crippen LogP) is 3.08. The van der Waals surface area contributed by atoms with Gasteiger partial charge in [-0.3, -0.25) is 0 Å². The lowest BCUT2D eigenvalue weighted by molar-refractivity contribution is -0.00633. The van der Waals surface area contributed by atoms with Gasteiger partial charge in [-0.1, -0.05) is 30.7 Å². The van der Waals surface area contributed by atoms with Crippen molar-refractivity contribution in [2.45, 2.75) is 44.8 Å². The van der Waals surface area contributed by atoms with Gasteiger partial charge in [0.1, 0.15) is 5.75 Å². The van der Waals surface area contributed by atoms with E-state index in [0.717, 1.165) is 37.2 Å². The van der Waals surface area contributed by atoms with Crippen molar-refractivity contribution in [3.05, 3.63) is 28.8 Å². The molecule has 4 heteroatoms. The van der Waals surface area contributed by atoms with Crippen LogP contribution in [0.15, 0.2) is 18.2 Å². The van der Waals surface area contributed by atoms with Gasteiger partial charge in [0.2, 0.25) is 0 Å². The number of rotatable bonds is 4. The fourth-order valence-corrected chi connectivity index (χ4v) is 2.80.